The molecule has 0 saturated heterocycles. The predicted molar refractivity (Wildman–Crippen MR) is 101 cm³/mol. The Morgan fingerprint density at radius 1 is 1.22 bits per heavy atom. The molecule has 0 atom stereocenters. The zero-order valence-electron chi connectivity index (χ0n) is 15.1. The number of nitrogens with zero attached hydrogens (tertiary/aromatic N) is 1. The average Bonchev–Trinajstić information content (AvgIpc) is 2.62. The Kier molecular flexibility index (Phi) is 5.37. The van der Waals surface area contributed by atoms with Gasteiger partial charge in [0.2, 0.25) is 5.91 Å². The molecule has 0 bridgehead atoms. The minimum Gasteiger partial charge on any atom is -0.476 e. The smallest absolute Gasteiger partial charge is 0.270 e. The van der Waals surface area contributed by atoms with Crippen LogP contribution in [0.5, 0.6) is 5.75 Å². The van der Waals surface area contributed by atoms with Gasteiger partial charge in [-0.1, -0.05) is 23.7 Å². The van der Waals surface area contributed by atoms with Gasteiger partial charge < -0.3 is 15.0 Å². The maximum Gasteiger partial charge on any atom is 0.270 e. The SMILES string of the molecule is CC1(C)Oc2ccc(Cl)cc2N(CCC(=O)NCc2ccc(F)cc2)C1=O. The minimum atomic E-state index is -1.02. The number of benzene rings is 2. The minimum absolute atomic E-state index is 0.120. The molecule has 0 fully saturated rings. The van der Waals surface area contributed by atoms with E-state index in [1.165, 1.54) is 17.0 Å². The molecular weight excluding hydrogens is 371 g/mol. The largest absolute Gasteiger partial charge is 0.476 e. The van der Waals surface area contributed by atoms with Gasteiger partial charge in [0, 0.05) is 24.5 Å². The van der Waals surface area contributed by atoms with Gasteiger partial charge in [0.25, 0.3) is 5.91 Å². The van der Waals surface area contributed by atoms with Gasteiger partial charge in [-0.3, -0.25) is 9.59 Å². The van der Waals surface area contributed by atoms with Crippen molar-refractivity contribution in [3.63, 3.8) is 0 Å². The van der Waals surface area contributed by atoms with Crippen LogP contribution in [-0.4, -0.2) is 24.0 Å². The second kappa shape index (κ2) is 7.56. The molecule has 0 unspecified atom stereocenters. The highest BCUT2D eigenvalue weighted by atomic mass is 35.5. The molecule has 0 spiro atoms. The summed E-state index contributed by atoms with van der Waals surface area (Å²) in [6.07, 6.45) is 0.120. The van der Waals surface area contributed by atoms with E-state index in [1.807, 2.05) is 0 Å². The van der Waals surface area contributed by atoms with Crippen molar-refractivity contribution in [2.75, 3.05) is 11.4 Å². The predicted octanol–water partition coefficient (Wildman–Crippen LogP) is 3.69. The van der Waals surface area contributed by atoms with E-state index in [9.17, 15) is 14.0 Å². The molecule has 0 aliphatic carbocycles. The molecule has 0 aromatic heterocycles. The Balaban J connectivity index is 1.65. The lowest BCUT2D eigenvalue weighted by molar-refractivity contribution is -0.132. The summed E-state index contributed by atoms with van der Waals surface area (Å²) in [5, 5.41) is 3.25. The highest BCUT2D eigenvalue weighted by Crippen LogP contribution is 2.39. The number of nitrogens with one attached hydrogen (secondary N) is 1. The van der Waals surface area contributed by atoms with E-state index in [0.29, 0.717) is 23.0 Å². The van der Waals surface area contributed by atoms with Crippen molar-refractivity contribution in [1.82, 2.24) is 5.32 Å². The maximum absolute atomic E-state index is 12.9. The number of rotatable bonds is 5. The molecule has 3 rings (SSSR count). The van der Waals surface area contributed by atoms with Crippen molar-refractivity contribution in [2.45, 2.75) is 32.4 Å². The van der Waals surface area contributed by atoms with Gasteiger partial charge in [-0.15, -0.1) is 0 Å². The molecule has 2 aromatic carbocycles. The van der Waals surface area contributed by atoms with Crippen molar-refractivity contribution >= 4 is 29.1 Å². The monoisotopic (exact) mass is 390 g/mol. The number of hydrogen-bond acceptors (Lipinski definition) is 3. The first kappa shape index (κ1) is 19.2. The third kappa shape index (κ3) is 4.39. The van der Waals surface area contributed by atoms with Gasteiger partial charge in [-0.25, -0.2) is 4.39 Å². The van der Waals surface area contributed by atoms with E-state index >= 15 is 0 Å². The van der Waals surface area contributed by atoms with Gasteiger partial charge in [0.15, 0.2) is 5.60 Å². The van der Waals surface area contributed by atoms with Crippen molar-refractivity contribution in [1.29, 1.82) is 0 Å². The normalized spacial score (nSPS) is 15.1. The summed E-state index contributed by atoms with van der Waals surface area (Å²) in [4.78, 5) is 26.5. The van der Waals surface area contributed by atoms with Crippen LogP contribution in [0, 0.1) is 5.82 Å². The van der Waals surface area contributed by atoms with Gasteiger partial charge in [0.1, 0.15) is 11.6 Å². The van der Waals surface area contributed by atoms with Crippen molar-refractivity contribution in [2.24, 2.45) is 0 Å². The maximum atomic E-state index is 12.9. The first-order chi connectivity index (χ1) is 12.8. The van der Waals surface area contributed by atoms with Gasteiger partial charge in [-0.2, -0.15) is 0 Å². The van der Waals surface area contributed by atoms with E-state index in [1.54, 1.807) is 44.2 Å². The number of fused-ring (bicyclic) bond motifs is 1. The van der Waals surface area contributed by atoms with Crippen LogP contribution in [0.2, 0.25) is 5.02 Å². The summed E-state index contributed by atoms with van der Waals surface area (Å²) >= 11 is 6.05. The second-order valence-electron chi connectivity index (χ2n) is 6.83. The van der Waals surface area contributed by atoms with Crippen LogP contribution in [0.25, 0.3) is 0 Å². The average molecular weight is 391 g/mol. The van der Waals surface area contributed by atoms with Gasteiger partial charge in [0.05, 0.1) is 5.69 Å². The van der Waals surface area contributed by atoms with Crippen LogP contribution in [0.1, 0.15) is 25.8 Å². The number of ether oxygens (including phenoxy) is 1. The number of halogens is 2. The molecule has 7 heteroatoms. The fourth-order valence-corrected chi connectivity index (χ4v) is 3.03. The lowest BCUT2D eigenvalue weighted by Crippen LogP contribution is -2.53. The zero-order chi connectivity index (χ0) is 19.6. The molecule has 5 nitrogen and oxygen atoms in total. The topological polar surface area (TPSA) is 58.6 Å². The van der Waals surface area contributed by atoms with E-state index in [-0.39, 0.29) is 30.6 Å². The molecule has 2 amide bonds. The van der Waals surface area contributed by atoms with Crippen molar-refractivity contribution < 1.29 is 18.7 Å². The van der Waals surface area contributed by atoms with E-state index < -0.39 is 5.60 Å². The van der Waals surface area contributed by atoms with Gasteiger partial charge >= 0.3 is 0 Å². The summed E-state index contributed by atoms with van der Waals surface area (Å²) in [5.41, 5.74) is 0.328. The van der Waals surface area contributed by atoms with Crippen LogP contribution >= 0.6 is 11.6 Å². The summed E-state index contributed by atoms with van der Waals surface area (Å²) in [6.45, 7) is 3.88. The molecule has 142 valence electrons. The fourth-order valence-electron chi connectivity index (χ4n) is 2.87. The van der Waals surface area contributed by atoms with E-state index in [0.717, 1.165) is 5.56 Å². The number of anilines is 1. The lowest BCUT2D eigenvalue weighted by Gasteiger charge is -2.38. The zero-order valence-corrected chi connectivity index (χ0v) is 15.8. The molecule has 1 aliphatic rings. The fraction of sp³-hybridized carbons (Fsp3) is 0.300. The number of carbonyl (C=O) groups is 2. The van der Waals surface area contributed by atoms with Crippen LogP contribution in [-0.2, 0) is 16.1 Å². The molecule has 27 heavy (non-hydrogen) atoms. The highest BCUT2D eigenvalue weighted by Gasteiger charge is 2.40. The van der Waals surface area contributed by atoms with Crippen LogP contribution in [0.15, 0.2) is 42.5 Å². The Morgan fingerprint density at radius 2 is 1.93 bits per heavy atom. The first-order valence-electron chi connectivity index (χ1n) is 8.58. The first-order valence-corrected chi connectivity index (χ1v) is 8.96. The molecule has 1 heterocycles. The van der Waals surface area contributed by atoms with Crippen LogP contribution in [0.3, 0.4) is 0 Å². The lowest BCUT2D eigenvalue weighted by atomic mass is 10.0. The molecule has 0 saturated carbocycles. The number of carbonyl (C=O) groups excluding carboxylic acids is 2. The summed E-state index contributed by atoms with van der Waals surface area (Å²) in [6, 6.07) is 11.0. The molecule has 1 N–H and O–H groups in total. The third-order valence-electron chi connectivity index (χ3n) is 4.30. The number of hydrogen-bond donors (Lipinski definition) is 1. The third-order valence-corrected chi connectivity index (χ3v) is 4.54. The van der Waals surface area contributed by atoms with Crippen LogP contribution < -0.4 is 15.0 Å². The standard InChI is InChI=1S/C20H20ClFN2O3/c1-20(2)19(26)24(16-11-14(21)5-8-17(16)27-20)10-9-18(25)23-12-13-3-6-15(22)7-4-13/h3-8,11H,9-10,12H2,1-2H3,(H,23,25). The summed E-state index contributed by atoms with van der Waals surface area (Å²) in [5.74, 6) is -0.213. The van der Waals surface area contributed by atoms with Crippen molar-refractivity contribution in [3.05, 3.63) is 58.9 Å². The summed E-state index contributed by atoms with van der Waals surface area (Å²) in [7, 11) is 0. The molecular formula is C20H20ClFN2O3. The molecule has 2 aromatic rings. The van der Waals surface area contributed by atoms with Crippen molar-refractivity contribution in [3.8, 4) is 5.75 Å². The van der Waals surface area contributed by atoms with E-state index in [4.69, 9.17) is 16.3 Å². The Labute approximate surface area is 162 Å². The van der Waals surface area contributed by atoms with E-state index in [2.05, 4.69) is 5.32 Å². The number of amides is 2. The Hall–Kier alpha value is -2.60. The van der Waals surface area contributed by atoms with Crippen LogP contribution in [0.4, 0.5) is 10.1 Å². The Morgan fingerprint density at radius 3 is 2.63 bits per heavy atom. The molecule has 1 aliphatic heterocycles. The summed E-state index contributed by atoms with van der Waals surface area (Å²) < 4.78 is 18.7. The Bertz CT molecular complexity index is 868. The second-order valence-corrected chi connectivity index (χ2v) is 7.27. The molecule has 0 radical (unpaired) electrons. The highest BCUT2D eigenvalue weighted by molar-refractivity contribution is 6.31. The quantitative estimate of drug-likeness (QED) is 0.847. The van der Waals surface area contributed by atoms with Gasteiger partial charge in [-0.05, 0) is 49.7 Å².